The zero-order valence-corrected chi connectivity index (χ0v) is 13.5. The number of hydrogen-bond acceptors (Lipinski definition) is 5. The molecule has 0 aliphatic heterocycles. The van der Waals surface area contributed by atoms with Crippen LogP contribution < -0.4 is 10.1 Å². The number of aromatic nitrogens is 2. The van der Waals surface area contributed by atoms with Gasteiger partial charge in [0.15, 0.2) is 0 Å². The van der Waals surface area contributed by atoms with Crippen LogP contribution >= 0.6 is 11.6 Å². The SMILES string of the molecule is O[C@H]1[C@H](NCCc2cnccn2)CC[C@H]1Oc1ccc(Cl)cc1. The Labute approximate surface area is 140 Å². The minimum atomic E-state index is -0.521. The molecule has 1 aromatic carbocycles. The Morgan fingerprint density at radius 1 is 1.22 bits per heavy atom. The summed E-state index contributed by atoms with van der Waals surface area (Å²) in [7, 11) is 0. The maximum Gasteiger partial charge on any atom is 0.126 e. The third-order valence-electron chi connectivity index (χ3n) is 4.06. The van der Waals surface area contributed by atoms with Crippen LogP contribution in [0.1, 0.15) is 18.5 Å². The highest BCUT2D eigenvalue weighted by Gasteiger charge is 2.35. The fraction of sp³-hybridized carbons (Fsp3) is 0.412. The fourth-order valence-corrected chi connectivity index (χ4v) is 2.95. The van der Waals surface area contributed by atoms with Gasteiger partial charge in [0.1, 0.15) is 18.0 Å². The third kappa shape index (κ3) is 4.41. The van der Waals surface area contributed by atoms with Gasteiger partial charge in [-0.3, -0.25) is 9.97 Å². The maximum atomic E-state index is 10.4. The Hall–Kier alpha value is -1.69. The molecule has 0 amide bonds. The van der Waals surface area contributed by atoms with Gasteiger partial charge >= 0.3 is 0 Å². The molecule has 6 heteroatoms. The number of aliphatic hydroxyl groups is 1. The fourth-order valence-electron chi connectivity index (χ4n) is 2.83. The van der Waals surface area contributed by atoms with Gasteiger partial charge in [0.25, 0.3) is 0 Å². The number of halogens is 1. The van der Waals surface area contributed by atoms with E-state index in [9.17, 15) is 5.11 Å². The number of rotatable bonds is 6. The minimum absolute atomic E-state index is 0.0453. The molecule has 0 radical (unpaired) electrons. The van der Waals surface area contributed by atoms with Crippen LogP contribution in [0, 0.1) is 0 Å². The highest BCUT2D eigenvalue weighted by atomic mass is 35.5. The van der Waals surface area contributed by atoms with E-state index in [2.05, 4.69) is 15.3 Å². The molecule has 1 aromatic heterocycles. The van der Waals surface area contributed by atoms with Crippen molar-refractivity contribution in [2.45, 2.75) is 37.5 Å². The number of hydrogen-bond donors (Lipinski definition) is 2. The quantitative estimate of drug-likeness (QED) is 0.848. The number of aliphatic hydroxyl groups excluding tert-OH is 1. The molecule has 2 N–H and O–H groups in total. The molecular formula is C17H20ClN3O2. The van der Waals surface area contributed by atoms with Crippen molar-refractivity contribution in [3.8, 4) is 5.75 Å². The van der Waals surface area contributed by atoms with E-state index in [1.165, 1.54) is 0 Å². The zero-order valence-electron chi connectivity index (χ0n) is 12.7. The van der Waals surface area contributed by atoms with Crippen molar-refractivity contribution in [3.05, 3.63) is 53.6 Å². The first-order valence-electron chi connectivity index (χ1n) is 7.81. The van der Waals surface area contributed by atoms with Crippen molar-refractivity contribution in [1.82, 2.24) is 15.3 Å². The van der Waals surface area contributed by atoms with E-state index in [0.717, 1.165) is 37.3 Å². The first kappa shape index (κ1) is 16.2. The van der Waals surface area contributed by atoms with Crippen LogP contribution in [0.2, 0.25) is 5.02 Å². The lowest BCUT2D eigenvalue weighted by Gasteiger charge is -2.21. The van der Waals surface area contributed by atoms with E-state index in [4.69, 9.17) is 16.3 Å². The van der Waals surface area contributed by atoms with Gasteiger partial charge in [-0.25, -0.2) is 0 Å². The van der Waals surface area contributed by atoms with Crippen LogP contribution in [-0.4, -0.2) is 39.9 Å². The van der Waals surface area contributed by atoms with E-state index in [0.29, 0.717) is 5.02 Å². The van der Waals surface area contributed by atoms with E-state index < -0.39 is 6.10 Å². The second kappa shape index (κ2) is 7.73. The maximum absolute atomic E-state index is 10.4. The molecule has 5 nitrogen and oxygen atoms in total. The molecule has 122 valence electrons. The van der Waals surface area contributed by atoms with Crippen molar-refractivity contribution in [2.75, 3.05) is 6.54 Å². The van der Waals surface area contributed by atoms with Crippen LogP contribution in [0.15, 0.2) is 42.9 Å². The van der Waals surface area contributed by atoms with Crippen LogP contribution in [0.4, 0.5) is 0 Å². The highest BCUT2D eigenvalue weighted by Crippen LogP contribution is 2.26. The first-order chi connectivity index (χ1) is 11.2. The summed E-state index contributed by atoms with van der Waals surface area (Å²) < 4.78 is 5.87. The Kier molecular flexibility index (Phi) is 5.43. The van der Waals surface area contributed by atoms with Crippen molar-refractivity contribution < 1.29 is 9.84 Å². The molecule has 1 fully saturated rings. The van der Waals surface area contributed by atoms with E-state index in [1.807, 2.05) is 12.1 Å². The Morgan fingerprint density at radius 2 is 2.04 bits per heavy atom. The van der Waals surface area contributed by atoms with Crippen molar-refractivity contribution in [1.29, 1.82) is 0 Å². The van der Waals surface area contributed by atoms with Gasteiger partial charge in [-0.2, -0.15) is 0 Å². The lowest BCUT2D eigenvalue weighted by atomic mass is 10.2. The molecule has 0 spiro atoms. The molecule has 23 heavy (non-hydrogen) atoms. The van der Waals surface area contributed by atoms with Crippen molar-refractivity contribution in [3.63, 3.8) is 0 Å². The van der Waals surface area contributed by atoms with Crippen LogP contribution in [0.25, 0.3) is 0 Å². The molecule has 1 heterocycles. The second-order valence-electron chi connectivity index (χ2n) is 5.69. The number of nitrogens with one attached hydrogen (secondary N) is 1. The summed E-state index contributed by atoms with van der Waals surface area (Å²) in [6.07, 6.45) is 6.91. The highest BCUT2D eigenvalue weighted by molar-refractivity contribution is 6.30. The molecule has 3 atom stereocenters. The molecule has 1 saturated carbocycles. The standard InChI is InChI=1S/C17H20ClN3O2/c18-12-1-3-14(4-2-12)23-16-6-5-15(17(16)22)21-8-7-13-11-19-9-10-20-13/h1-4,9-11,15-17,21-22H,5-8H2/t15-,16-,17+/m1/s1. The summed E-state index contributed by atoms with van der Waals surface area (Å²) in [5, 5.41) is 14.5. The molecule has 0 bridgehead atoms. The van der Waals surface area contributed by atoms with Gasteiger partial charge in [-0.1, -0.05) is 11.6 Å². The molecule has 3 rings (SSSR count). The van der Waals surface area contributed by atoms with Gasteiger partial charge in [0, 0.05) is 42.6 Å². The summed E-state index contributed by atoms with van der Waals surface area (Å²) in [4.78, 5) is 8.29. The third-order valence-corrected chi connectivity index (χ3v) is 4.31. The Balaban J connectivity index is 1.46. The van der Waals surface area contributed by atoms with Gasteiger partial charge < -0.3 is 15.2 Å². The number of nitrogens with zero attached hydrogens (tertiary/aromatic N) is 2. The topological polar surface area (TPSA) is 67.3 Å². The molecule has 1 aliphatic rings. The van der Waals surface area contributed by atoms with Crippen LogP contribution in [-0.2, 0) is 6.42 Å². The van der Waals surface area contributed by atoms with Crippen molar-refractivity contribution in [2.24, 2.45) is 0 Å². The van der Waals surface area contributed by atoms with Gasteiger partial charge in [-0.15, -0.1) is 0 Å². The summed E-state index contributed by atoms with van der Waals surface area (Å²) in [5.41, 5.74) is 0.946. The number of ether oxygens (including phenoxy) is 1. The normalized spacial score (nSPS) is 23.8. The van der Waals surface area contributed by atoms with Crippen LogP contribution in [0.3, 0.4) is 0 Å². The van der Waals surface area contributed by atoms with E-state index >= 15 is 0 Å². The van der Waals surface area contributed by atoms with E-state index in [-0.39, 0.29) is 12.1 Å². The zero-order chi connectivity index (χ0) is 16.1. The largest absolute Gasteiger partial charge is 0.488 e. The average molecular weight is 334 g/mol. The molecule has 2 aromatic rings. The minimum Gasteiger partial charge on any atom is -0.488 e. The lowest BCUT2D eigenvalue weighted by molar-refractivity contribution is 0.0454. The monoisotopic (exact) mass is 333 g/mol. The first-order valence-corrected chi connectivity index (χ1v) is 8.19. The Morgan fingerprint density at radius 3 is 2.78 bits per heavy atom. The smallest absolute Gasteiger partial charge is 0.126 e. The van der Waals surface area contributed by atoms with E-state index in [1.54, 1.807) is 30.7 Å². The molecular weight excluding hydrogens is 314 g/mol. The average Bonchev–Trinajstić information content (AvgIpc) is 2.91. The summed E-state index contributed by atoms with van der Waals surface area (Å²) in [6.45, 7) is 0.758. The summed E-state index contributed by atoms with van der Waals surface area (Å²) >= 11 is 5.86. The number of benzene rings is 1. The van der Waals surface area contributed by atoms with Crippen molar-refractivity contribution >= 4 is 11.6 Å². The summed E-state index contributed by atoms with van der Waals surface area (Å²) in [5.74, 6) is 0.735. The van der Waals surface area contributed by atoms with Crippen LogP contribution in [0.5, 0.6) is 5.75 Å². The predicted molar refractivity (Wildman–Crippen MR) is 88.6 cm³/mol. The Bertz CT molecular complexity index is 609. The van der Waals surface area contributed by atoms with Gasteiger partial charge in [0.2, 0.25) is 0 Å². The lowest BCUT2D eigenvalue weighted by Crippen LogP contribution is -2.42. The second-order valence-corrected chi connectivity index (χ2v) is 6.12. The van der Waals surface area contributed by atoms with Gasteiger partial charge in [-0.05, 0) is 37.1 Å². The molecule has 0 unspecified atom stereocenters. The molecule has 0 saturated heterocycles. The summed E-state index contributed by atoms with van der Waals surface area (Å²) in [6, 6.07) is 7.27. The predicted octanol–water partition coefficient (Wildman–Crippen LogP) is 2.23. The molecule has 1 aliphatic carbocycles. The van der Waals surface area contributed by atoms with Gasteiger partial charge in [0.05, 0.1) is 5.69 Å².